The van der Waals surface area contributed by atoms with Crippen LogP contribution in [0.15, 0.2) is 16.3 Å². The summed E-state index contributed by atoms with van der Waals surface area (Å²) in [5.41, 5.74) is 5.12. The number of primary amides is 1. The minimum absolute atomic E-state index is 0.0967. The van der Waals surface area contributed by atoms with Crippen molar-refractivity contribution in [3.63, 3.8) is 0 Å². The van der Waals surface area contributed by atoms with Crippen LogP contribution in [0.1, 0.15) is 23.5 Å². The number of carboxylic acids is 1. The zero-order chi connectivity index (χ0) is 14.8. The number of aromatic carboxylic acids is 1. The average Bonchev–Trinajstić information content (AvgIpc) is 2.75. The molecule has 0 spiro atoms. The first-order valence-corrected chi connectivity index (χ1v) is 7.60. The summed E-state index contributed by atoms with van der Waals surface area (Å²) in [4.78, 5) is 21.8. The van der Waals surface area contributed by atoms with Crippen molar-refractivity contribution in [3.8, 4) is 0 Å². The second-order valence-electron chi connectivity index (χ2n) is 4.17. The summed E-state index contributed by atoms with van der Waals surface area (Å²) in [6.07, 6.45) is 0. The normalized spacial score (nSPS) is 13.4. The Labute approximate surface area is 114 Å². The smallest absolute Gasteiger partial charge is 0.345 e. The standard InChI is InChI=1S/C10H14N2O5S2/c1-5(2)8(9(11)13)12-19(16,17)7-4-3-6(18-7)10(14)15/h3-5,8,12H,1-2H3,(H2,11,13)(H,14,15). The highest BCUT2D eigenvalue weighted by molar-refractivity contribution is 7.91. The lowest BCUT2D eigenvalue weighted by atomic mass is 10.1. The summed E-state index contributed by atoms with van der Waals surface area (Å²) >= 11 is 0.611. The number of sulfonamides is 1. The van der Waals surface area contributed by atoms with Crippen molar-refractivity contribution in [2.45, 2.75) is 24.1 Å². The highest BCUT2D eigenvalue weighted by Gasteiger charge is 2.28. The van der Waals surface area contributed by atoms with Gasteiger partial charge < -0.3 is 10.8 Å². The van der Waals surface area contributed by atoms with E-state index >= 15 is 0 Å². The SMILES string of the molecule is CC(C)C(NS(=O)(=O)c1ccc(C(=O)O)s1)C(N)=O. The third-order valence-electron chi connectivity index (χ3n) is 2.31. The van der Waals surface area contributed by atoms with Gasteiger partial charge in [0.05, 0.1) is 0 Å². The molecule has 1 heterocycles. The Bertz CT molecular complexity index is 591. The van der Waals surface area contributed by atoms with Gasteiger partial charge in [-0.15, -0.1) is 11.3 Å². The van der Waals surface area contributed by atoms with E-state index in [9.17, 15) is 18.0 Å². The molecule has 0 saturated heterocycles. The van der Waals surface area contributed by atoms with E-state index in [0.717, 1.165) is 0 Å². The van der Waals surface area contributed by atoms with Gasteiger partial charge in [-0.25, -0.2) is 13.2 Å². The summed E-state index contributed by atoms with van der Waals surface area (Å²) in [5.74, 6) is -2.30. The van der Waals surface area contributed by atoms with Gasteiger partial charge in [0.1, 0.15) is 15.1 Å². The molecule has 1 unspecified atom stereocenters. The molecule has 0 fully saturated rings. The quantitative estimate of drug-likeness (QED) is 0.693. The highest BCUT2D eigenvalue weighted by atomic mass is 32.2. The summed E-state index contributed by atoms with van der Waals surface area (Å²) < 4.78 is 26.0. The van der Waals surface area contributed by atoms with Gasteiger partial charge >= 0.3 is 5.97 Å². The van der Waals surface area contributed by atoms with Crippen LogP contribution >= 0.6 is 11.3 Å². The molecule has 19 heavy (non-hydrogen) atoms. The summed E-state index contributed by atoms with van der Waals surface area (Å²) in [6, 6.07) is 1.32. The molecule has 1 aromatic rings. The fraction of sp³-hybridized carbons (Fsp3) is 0.400. The molecule has 1 rings (SSSR count). The van der Waals surface area contributed by atoms with Crippen molar-refractivity contribution in [3.05, 3.63) is 17.0 Å². The molecule has 0 radical (unpaired) electrons. The Balaban J connectivity index is 3.03. The number of rotatable bonds is 6. The monoisotopic (exact) mass is 306 g/mol. The fourth-order valence-electron chi connectivity index (χ4n) is 1.33. The maximum Gasteiger partial charge on any atom is 0.345 e. The summed E-state index contributed by atoms with van der Waals surface area (Å²) in [5, 5.41) is 8.74. The zero-order valence-corrected chi connectivity index (χ0v) is 11.9. The number of hydrogen-bond donors (Lipinski definition) is 3. The van der Waals surface area contributed by atoms with Crippen molar-refractivity contribution in [2.75, 3.05) is 0 Å². The molecule has 0 bridgehead atoms. The molecule has 0 aliphatic heterocycles. The number of amides is 1. The van der Waals surface area contributed by atoms with Gasteiger partial charge in [0.25, 0.3) is 10.0 Å². The summed E-state index contributed by atoms with van der Waals surface area (Å²) in [6.45, 7) is 3.30. The topological polar surface area (TPSA) is 127 Å². The van der Waals surface area contributed by atoms with Crippen LogP contribution < -0.4 is 10.5 Å². The van der Waals surface area contributed by atoms with Gasteiger partial charge in [0.15, 0.2) is 0 Å². The molecule has 1 aromatic heterocycles. The molecular formula is C10H14N2O5S2. The van der Waals surface area contributed by atoms with Gasteiger partial charge in [-0.3, -0.25) is 4.79 Å². The van der Waals surface area contributed by atoms with E-state index in [4.69, 9.17) is 10.8 Å². The van der Waals surface area contributed by atoms with Gasteiger partial charge in [-0.05, 0) is 18.1 Å². The minimum Gasteiger partial charge on any atom is -0.477 e. The van der Waals surface area contributed by atoms with E-state index in [0.29, 0.717) is 11.3 Å². The van der Waals surface area contributed by atoms with Crippen molar-refractivity contribution in [1.82, 2.24) is 4.72 Å². The first kappa shape index (κ1) is 15.6. The van der Waals surface area contributed by atoms with Gasteiger partial charge in [-0.2, -0.15) is 4.72 Å². The fourth-order valence-corrected chi connectivity index (χ4v) is 3.84. The minimum atomic E-state index is -3.96. The third-order valence-corrected chi connectivity index (χ3v) is 5.32. The highest BCUT2D eigenvalue weighted by Crippen LogP contribution is 2.22. The van der Waals surface area contributed by atoms with Crippen LogP contribution in [0.4, 0.5) is 0 Å². The van der Waals surface area contributed by atoms with Crippen molar-refractivity contribution < 1.29 is 23.1 Å². The van der Waals surface area contributed by atoms with Crippen LogP contribution in [-0.4, -0.2) is 31.4 Å². The Morgan fingerprint density at radius 3 is 2.32 bits per heavy atom. The van der Waals surface area contributed by atoms with Crippen LogP contribution in [-0.2, 0) is 14.8 Å². The Morgan fingerprint density at radius 1 is 1.37 bits per heavy atom. The molecule has 9 heteroatoms. The van der Waals surface area contributed by atoms with Crippen molar-refractivity contribution in [1.29, 1.82) is 0 Å². The van der Waals surface area contributed by atoms with Crippen molar-refractivity contribution >= 4 is 33.2 Å². The molecule has 0 saturated carbocycles. The van der Waals surface area contributed by atoms with Crippen LogP contribution in [0.25, 0.3) is 0 Å². The molecule has 4 N–H and O–H groups in total. The lowest BCUT2D eigenvalue weighted by Crippen LogP contribution is -2.47. The van der Waals surface area contributed by atoms with E-state index in [1.807, 2.05) is 0 Å². The number of nitrogens with one attached hydrogen (secondary N) is 1. The van der Waals surface area contributed by atoms with Crippen molar-refractivity contribution in [2.24, 2.45) is 11.7 Å². The largest absolute Gasteiger partial charge is 0.477 e. The van der Waals surface area contributed by atoms with E-state index in [1.54, 1.807) is 13.8 Å². The molecule has 0 aromatic carbocycles. The number of nitrogens with two attached hydrogens (primary N) is 1. The van der Waals surface area contributed by atoms with E-state index in [-0.39, 0.29) is 15.0 Å². The first-order valence-electron chi connectivity index (χ1n) is 5.30. The number of hydrogen-bond acceptors (Lipinski definition) is 5. The van der Waals surface area contributed by atoms with Gasteiger partial charge in [0, 0.05) is 0 Å². The second kappa shape index (κ2) is 5.68. The Hall–Kier alpha value is -1.45. The maximum atomic E-state index is 12.0. The molecule has 0 aliphatic carbocycles. The predicted molar refractivity (Wildman–Crippen MR) is 69.4 cm³/mol. The van der Waals surface area contributed by atoms with Crippen LogP contribution in [0.2, 0.25) is 0 Å². The Morgan fingerprint density at radius 2 is 1.95 bits per heavy atom. The van der Waals surface area contributed by atoms with Crippen LogP contribution in [0.5, 0.6) is 0 Å². The third kappa shape index (κ3) is 3.75. The average molecular weight is 306 g/mol. The molecule has 1 atom stereocenters. The number of carbonyl (C=O) groups excluding carboxylic acids is 1. The summed E-state index contributed by atoms with van der Waals surface area (Å²) in [7, 11) is -3.96. The number of carboxylic acid groups (broad SMARTS) is 1. The zero-order valence-electron chi connectivity index (χ0n) is 10.3. The molecule has 7 nitrogen and oxygen atoms in total. The van der Waals surface area contributed by atoms with Crippen LogP contribution in [0.3, 0.4) is 0 Å². The lowest BCUT2D eigenvalue weighted by Gasteiger charge is -2.18. The molecule has 106 valence electrons. The van der Waals surface area contributed by atoms with Crippen LogP contribution in [0, 0.1) is 5.92 Å². The maximum absolute atomic E-state index is 12.0. The molecular weight excluding hydrogens is 292 g/mol. The van der Waals surface area contributed by atoms with Gasteiger partial charge in [0.2, 0.25) is 5.91 Å². The van der Waals surface area contributed by atoms with E-state index in [2.05, 4.69) is 4.72 Å². The molecule has 1 amide bonds. The predicted octanol–water partition coefficient (Wildman–Crippen LogP) is 0.235. The number of carbonyl (C=O) groups is 2. The first-order chi connectivity index (χ1) is 8.65. The lowest BCUT2D eigenvalue weighted by molar-refractivity contribution is -0.120. The second-order valence-corrected chi connectivity index (χ2v) is 7.19. The molecule has 0 aliphatic rings. The number of thiophene rings is 1. The van der Waals surface area contributed by atoms with Gasteiger partial charge in [-0.1, -0.05) is 13.8 Å². The van der Waals surface area contributed by atoms with E-state index in [1.165, 1.54) is 12.1 Å². The Kier molecular flexibility index (Phi) is 4.66. The van der Waals surface area contributed by atoms with E-state index < -0.39 is 27.9 Å².